The molecule has 2 N–H and O–H groups in total. The number of hydrogen-bond acceptors (Lipinski definition) is 2. The number of aryl methyl sites for hydroxylation is 1. The van der Waals surface area contributed by atoms with Crippen molar-refractivity contribution in [1.82, 2.24) is 10.6 Å². The van der Waals surface area contributed by atoms with Gasteiger partial charge in [-0.05, 0) is 50.8 Å². The molecule has 2 fully saturated rings. The van der Waals surface area contributed by atoms with Crippen LogP contribution in [0.4, 0.5) is 0 Å². The molecule has 3 nitrogen and oxygen atoms in total. The van der Waals surface area contributed by atoms with E-state index in [9.17, 15) is 4.79 Å². The monoisotopic (exact) mass is 350 g/mol. The van der Waals surface area contributed by atoms with Crippen molar-refractivity contribution >= 4 is 18.3 Å². The Morgan fingerprint density at radius 2 is 2.00 bits per heavy atom. The average molecular weight is 351 g/mol. The standard InChI is InChI=1S/C20H30N2O.ClH/c1-15-7-6-8-17(13-15)20(10-4-3-5-11-20)19(23)22-18-9-12-21-14-16(18)2;/h6-8,13,16,18,21H,3-5,9-12,14H2,1-2H3,(H,22,23);1H. The zero-order valence-electron chi connectivity index (χ0n) is 14.9. The van der Waals surface area contributed by atoms with E-state index >= 15 is 0 Å². The molecule has 2 atom stereocenters. The Morgan fingerprint density at radius 1 is 1.25 bits per heavy atom. The van der Waals surface area contributed by atoms with Gasteiger partial charge in [-0.15, -0.1) is 12.4 Å². The average Bonchev–Trinajstić information content (AvgIpc) is 2.57. The van der Waals surface area contributed by atoms with Crippen molar-refractivity contribution in [2.75, 3.05) is 13.1 Å². The Bertz CT molecular complexity index is 554. The molecule has 2 unspecified atom stereocenters. The molecule has 1 saturated carbocycles. The molecule has 0 spiro atoms. The van der Waals surface area contributed by atoms with Gasteiger partial charge in [-0.3, -0.25) is 4.79 Å². The normalized spacial score (nSPS) is 26.2. The number of carbonyl (C=O) groups excluding carboxylic acids is 1. The first-order valence-electron chi connectivity index (χ1n) is 9.21. The molecule has 0 radical (unpaired) electrons. The van der Waals surface area contributed by atoms with Gasteiger partial charge in [-0.2, -0.15) is 0 Å². The third-order valence-electron chi connectivity index (χ3n) is 5.81. The van der Waals surface area contributed by atoms with E-state index in [2.05, 4.69) is 48.7 Å². The first-order chi connectivity index (χ1) is 11.1. The van der Waals surface area contributed by atoms with E-state index < -0.39 is 0 Å². The fraction of sp³-hybridized carbons (Fsp3) is 0.650. The van der Waals surface area contributed by atoms with Crippen molar-refractivity contribution in [2.45, 2.75) is 63.8 Å². The molecule has 4 heteroatoms. The number of nitrogens with one attached hydrogen (secondary N) is 2. The minimum Gasteiger partial charge on any atom is -0.352 e. The van der Waals surface area contributed by atoms with Gasteiger partial charge >= 0.3 is 0 Å². The van der Waals surface area contributed by atoms with Gasteiger partial charge in [0, 0.05) is 6.04 Å². The molecule has 0 bridgehead atoms. The van der Waals surface area contributed by atoms with Crippen molar-refractivity contribution < 1.29 is 4.79 Å². The molecule has 1 aromatic rings. The van der Waals surface area contributed by atoms with Crippen molar-refractivity contribution in [3.05, 3.63) is 35.4 Å². The second-order valence-electron chi connectivity index (χ2n) is 7.56. The van der Waals surface area contributed by atoms with E-state index in [1.54, 1.807) is 0 Å². The van der Waals surface area contributed by atoms with Gasteiger partial charge < -0.3 is 10.6 Å². The number of benzene rings is 1. The SMILES string of the molecule is Cc1cccc(C2(C(=O)NC3CCNCC3C)CCCCC2)c1.Cl. The summed E-state index contributed by atoms with van der Waals surface area (Å²) < 4.78 is 0. The minimum atomic E-state index is -0.311. The van der Waals surface area contributed by atoms with Gasteiger partial charge in [0.25, 0.3) is 0 Å². The van der Waals surface area contributed by atoms with E-state index in [1.807, 2.05) is 0 Å². The van der Waals surface area contributed by atoms with Crippen LogP contribution < -0.4 is 10.6 Å². The smallest absolute Gasteiger partial charge is 0.230 e. The van der Waals surface area contributed by atoms with E-state index in [0.29, 0.717) is 12.0 Å². The van der Waals surface area contributed by atoms with Crippen molar-refractivity contribution in [2.24, 2.45) is 5.92 Å². The van der Waals surface area contributed by atoms with Crippen molar-refractivity contribution in [1.29, 1.82) is 0 Å². The zero-order chi connectivity index (χ0) is 16.3. The molecule has 3 rings (SSSR count). The van der Waals surface area contributed by atoms with Gasteiger partial charge in [-0.1, -0.05) is 56.0 Å². The third kappa shape index (κ3) is 3.94. The van der Waals surface area contributed by atoms with Crippen LogP contribution in [0.5, 0.6) is 0 Å². The summed E-state index contributed by atoms with van der Waals surface area (Å²) in [6.45, 7) is 6.36. The van der Waals surface area contributed by atoms with Gasteiger partial charge in [0.1, 0.15) is 0 Å². The van der Waals surface area contributed by atoms with Crippen LogP contribution >= 0.6 is 12.4 Å². The Hall–Kier alpha value is -1.06. The number of amides is 1. The number of hydrogen-bond donors (Lipinski definition) is 2. The fourth-order valence-electron chi connectivity index (χ4n) is 4.28. The molecule has 1 aliphatic heterocycles. The first kappa shape index (κ1) is 19.3. The Labute approximate surface area is 152 Å². The molecule has 1 aromatic carbocycles. The molecule has 0 aromatic heterocycles. The Morgan fingerprint density at radius 3 is 2.67 bits per heavy atom. The quantitative estimate of drug-likeness (QED) is 0.872. The lowest BCUT2D eigenvalue weighted by Gasteiger charge is -2.39. The lowest BCUT2D eigenvalue weighted by molar-refractivity contribution is -0.129. The summed E-state index contributed by atoms with van der Waals surface area (Å²) in [7, 11) is 0. The summed E-state index contributed by atoms with van der Waals surface area (Å²) in [4.78, 5) is 13.3. The summed E-state index contributed by atoms with van der Waals surface area (Å²) in [6, 6.07) is 8.90. The predicted molar refractivity (Wildman–Crippen MR) is 102 cm³/mol. The Balaban J connectivity index is 0.00000208. The molecule has 1 amide bonds. The Kier molecular flexibility index (Phi) is 6.70. The highest BCUT2D eigenvalue weighted by atomic mass is 35.5. The van der Waals surface area contributed by atoms with Crippen LogP contribution in [0, 0.1) is 12.8 Å². The largest absolute Gasteiger partial charge is 0.352 e. The highest BCUT2D eigenvalue weighted by Gasteiger charge is 2.42. The molecule has 1 saturated heterocycles. The van der Waals surface area contributed by atoms with Crippen LogP contribution in [-0.4, -0.2) is 25.0 Å². The molecular formula is C20H31ClN2O. The maximum atomic E-state index is 13.3. The maximum Gasteiger partial charge on any atom is 0.230 e. The molecule has 134 valence electrons. The van der Waals surface area contributed by atoms with Crippen LogP contribution in [0.15, 0.2) is 24.3 Å². The number of rotatable bonds is 3. The van der Waals surface area contributed by atoms with Crippen LogP contribution in [0.3, 0.4) is 0 Å². The summed E-state index contributed by atoms with van der Waals surface area (Å²) in [5.74, 6) is 0.771. The third-order valence-corrected chi connectivity index (χ3v) is 5.81. The maximum absolute atomic E-state index is 13.3. The molecule has 1 heterocycles. The van der Waals surface area contributed by atoms with Crippen LogP contribution in [0.1, 0.15) is 56.6 Å². The van der Waals surface area contributed by atoms with E-state index in [4.69, 9.17) is 0 Å². The number of halogens is 1. The second kappa shape index (κ2) is 8.35. The molecular weight excluding hydrogens is 320 g/mol. The molecule has 1 aliphatic carbocycles. The van der Waals surface area contributed by atoms with E-state index in [-0.39, 0.29) is 23.7 Å². The number of piperidine rings is 1. The van der Waals surface area contributed by atoms with Gasteiger partial charge in [0.05, 0.1) is 5.41 Å². The van der Waals surface area contributed by atoms with Gasteiger partial charge in [-0.25, -0.2) is 0 Å². The minimum absolute atomic E-state index is 0. The second-order valence-corrected chi connectivity index (χ2v) is 7.56. The lowest BCUT2D eigenvalue weighted by atomic mass is 9.68. The van der Waals surface area contributed by atoms with Gasteiger partial charge in [0.15, 0.2) is 0 Å². The summed E-state index contributed by atoms with van der Waals surface area (Å²) in [5, 5.41) is 6.83. The summed E-state index contributed by atoms with van der Waals surface area (Å²) >= 11 is 0. The molecule has 2 aliphatic rings. The fourth-order valence-corrected chi connectivity index (χ4v) is 4.28. The highest BCUT2D eigenvalue weighted by Crippen LogP contribution is 2.40. The summed E-state index contributed by atoms with van der Waals surface area (Å²) in [5.41, 5.74) is 2.15. The van der Waals surface area contributed by atoms with Gasteiger partial charge in [0.2, 0.25) is 5.91 Å². The van der Waals surface area contributed by atoms with Crippen molar-refractivity contribution in [3.8, 4) is 0 Å². The highest BCUT2D eigenvalue weighted by molar-refractivity contribution is 5.88. The predicted octanol–water partition coefficient (Wildman–Crippen LogP) is 3.73. The first-order valence-corrected chi connectivity index (χ1v) is 9.21. The zero-order valence-corrected chi connectivity index (χ0v) is 15.8. The van der Waals surface area contributed by atoms with Crippen LogP contribution in [-0.2, 0) is 10.2 Å². The van der Waals surface area contributed by atoms with E-state index in [1.165, 1.54) is 17.5 Å². The van der Waals surface area contributed by atoms with E-state index in [0.717, 1.165) is 45.2 Å². The van der Waals surface area contributed by atoms with Crippen LogP contribution in [0.2, 0.25) is 0 Å². The van der Waals surface area contributed by atoms with Crippen molar-refractivity contribution in [3.63, 3.8) is 0 Å². The lowest BCUT2D eigenvalue weighted by Crippen LogP contribution is -2.54. The topological polar surface area (TPSA) is 41.1 Å². The molecule has 24 heavy (non-hydrogen) atoms. The summed E-state index contributed by atoms with van der Waals surface area (Å²) in [6.07, 6.45) is 6.58. The van der Waals surface area contributed by atoms with Crippen LogP contribution in [0.25, 0.3) is 0 Å². The number of carbonyl (C=O) groups is 1.